The highest BCUT2D eigenvalue weighted by Crippen LogP contribution is 2.27. The van der Waals surface area contributed by atoms with Gasteiger partial charge in [0.15, 0.2) is 0 Å². The molecular weight excluding hydrogens is 200 g/mol. The zero-order valence-electron chi connectivity index (χ0n) is 11.0. The van der Waals surface area contributed by atoms with Crippen LogP contribution in [0.4, 0.5) is 0 Å². The molecule has 0 aromatic carbocycles. The third kappa shape index (κ3) is 8.38. The van der Waals surface area contributed by atoms with Gasteiger partial charge in [-0.25, -0.2) is 0 Å². The first-order valence-corrected chi connectivity index (χ1v) is 5.70. The maximum atomic E-state index is 9.17. The van der Waals surface area contributed by atoms with Crippen molar-refractivity contribution in [3.63, 3.8) is 0 Å². The summed E-state index contributed by atoms with van der Waals surface area (Å²) in [6.07, 6.45) is 5.75. The lowest BCUT2D eigenvalue weighted by Crippen LogP contribution is -2.16. The molecule has 0 aromatic heterocycles. The van der Waals surface area contributed by atoms with Gasteiger partial charge < -0.3 is 15.8 Å². The van der Waals surface area contributed by atoms with Gasteiger partial charge in [0.25, 0.3) is 0 Å². The molecular formula is C13H26N2O. The van der Waals surface area contributed by atoms with Crippen molar-refractivity contribution in [2.75, 3.05) is 14.1 Å². The highest BCUT2D eigenvalue weighted by Gasteiger charge is 2.18. The number of carbonyl (C=O) groups excluding carboxylic acids is 1. The lowest BCUT2D eigenvalue weighted by atomic mass is 10.1. The Bertz CT molecular complexity index is 222. The van der Waals surface area contributed by atoms with E-state index in [1.165, 1.54) is 11.1 Å². The second-order valence-electron chi connectivity index (χ2n) is 3.57. The minimum atomic E-state index is 0.266. The van der Waals surface area contributed by atoms with Gasteiger partial charge in [-0.1, -0.05) is 25.2 Å². The SMILES string of the molecule is C=C1CCC(N)/C1=C/C.CCC=O.CNC. The van der Waals surface area contributed by atoms with E-state index in [0.717, 1.165) is 19.1 Å². The molecule has 1 aliphatic rings. The summed E-state index contributed by atoms with van der Waals surface area (Å²) < 4.78 is 0. The Morgan fingerprint density at radius 3 is 2.12 bits per heavy atom. The van der Waals surface area contributed by atoms with Gasteiger partial charge in [-0.2, -0.15) is 0 Å². The average Bonchev–Trinajstić information content (AvgIpc) is 2.59. The minimum Gasteiger partial charge on any atom is -0.324 e. The molecule has 1 unspecified atom stereocenters. The van der Waals surface area contributed by atoms with Gasteiger partial charge in [0, 0.05) is 12.5 Å². The zero-order valence-corrected chi connectivity index (χ0v) is 11.0. The standard InChI is InChI=1S/C8H13N.C3H6O.C2H7N/c1-3-7-6(2)4-5-8(7)9;1-2-3-4;1-3-2/h3,8H,2,4-5,9H2,1H3;3H,2H2,1H3;3H,1-2H3/b7-3+;;. The fourth-order valence-corrected chi connectivity index (χ4v) is 1.31. The number of allylic oxidation sites excluding steroid dienone is 1. The molecule has 1 aliphatic carbocycles. The van der Waals surface area contributed by atoms with Gasteiger partial charge in [-0.05, 0) is 39.4 Å². The van der Waals surface area contributed by atoms with Crippen LogP contribution in [0.3, 0.4) is 0 Å². The van der Waals surface area contributed by atoms with Crippen molar-refractivity contribution >= 4 is 6.29 Å². The number of rotatable bonds is 1. The summed E-state index contributed by atoms with van der Waals surface area (Å²) in [6.45, 7) is 7.74. The zero-order chi connectivity index (χ0) is 13.0. The molecule has 0 radical (unpaired) electrons. The van der Waals surface area contributed by atoms with Gasteiger partial charge in [0.1, 0.15) is 6.29 Å². The topological polar surface area (TPSA) is 55.1 Å². The summed E-state index contributed by atoms with van der Waals surface area (Å²) in [5, 5.41) is 2.75. The fourth-order valence-electron chi connectivity index (χ4n) is 1.31. The van der Waals surface area contributed by atoms with Crippen LogP contribution in [0.2, 0.25) is 0 Å². The van der Waals surface area contributed by atoms with Gasteiger partial charge in [-0.3, -0.25) is 0 Å². The molecule has 1 saturated carbocycles. The van der Waals surface area contributed by atoms with Crippen LogP contribution < -0.4 is 11.1 Å². The molecule has 0 spiro atoms. The minimum absolute atomic E-state index is 0.266. The average molecular weight is 226 g/mol. The van der Waals surface area contributed by atoms with Crippen molar-refractivity contribution < 1.29 is 4.79 Å². The van der Waals surface area contributed by atoms with Gasteiger partial charge >= 0.3 is 0 Å². The summed E-state index contributed by atoms with van der Waals surface area (Å²) in [7, 11) is 3.75. The van der Waals surface area contributed by atoms with E-state index < -0.39 is 0 Å². The van der Waals surface area contributed by atoms with E-state index in [0.29, 0.717) is 6.42 Å². The van der Waals surface area contributed by atoms with Crippen LogP contribution in [0, 0.1) is 0 Å². The van der Waals surface area contributed by atoms with Crippen molar-refractivity contribution in [2.45, 2.75) is 39.2 Å². The number of nitrogens with two attached hydrogens (primary N) is 1. The highest BCUT2D eigenvalue weighted by molar-refractivity contribution is 5.48. The normalized spacial score (nSPS) is 20.7. The van der Waals surface area contributed by atoms with E-state index in [1.54, 1.807) is 0 Å². The summed E-state index contributed by atoms with van der Waals surface area (Å²) >= 11 is 0. The fraction of sp³-hybridized carbons (Fsp3) is 0.615. The van der Waals surface area contributed by atoms with E-state index in [2.05, 4.69) is 18.0 Å². The lowest BCUT2D eigenvalue weighted by molar-refractivity contribution is -0.107. The predicted molar refractivity (Wildman–Crippen MR) is 71.4 cm³/mol. The molecule has 16 heavy (non-hydrogen) atoms. The Morgan fingerprint density at radius 1 is 1.56 bits per heavy atom. The van der Waals surface area contributed by atoms with E-state index in [1.807, 2.05) is 27.9 Å². The molecule has 3 heteroatoms. The number of hydrogen-bond donors (Lipinski definition) is 2. The highest BCUT2D eigenvalue weighted by atomic mass is 16.1. The van der Waals surface area contributed by atoms with Crippen LogP contribution >= 0.6 is 0 Å². The largest absolute Gasteiger partial charge is 0.324 e. The molecule has 0 saturated heterocycles. The van der Waals surface area contributed by atoms with Crippen molar-refractivity contribution in [1.29, 1.82) is 0 Å². The summed E-state index contributed by atoms with van der Waals surface area (Å²) in [5.41, 5.74) is 8.24. The van der Waals surface area contributed by atoms with Crippen LogP contribution in [0.5, 0.6) is 0 Å². The number of carbonyl (C=O) groups is 1. The molecule has 0 aliphatic heterocycles. The van der Waals surface area contributed by atoms with Crippen molar-refractivity contribution in [3.8, 4) is 0 Å². The van der Waals surface area contributed by atoms with Gasteiger partial charge in [-0.15, -0.1) is 0 Å². The molecule has 0 aromatic rings. The molecule has 3 nitrogen and oxygen atoms in total. The van der Waals surface area contributed by atoms with E-state index in [-0.39, 0.29) is 6.04 Å². The number of nitrogens with one attached hydrogen (secondary N) is 1. The first-order valence-electron chi connectivity index (χ1n) is 5.70. The van der Waals surface area contributed by atoms with E-state index in [4.69, 9.17) is 5.73 Å². The molecule has 0 bridgehead atoms. The first-order chi connectivity index (χ1) is 7.58. The maximum absolute atomic E-state index is 9.17. The van der Waals surface area contributed by atoms with Crippen LogP contribution in [0.25, 0.3) is 0 Å². The van der Waals surface area contributed by atoms with Crippen LogP contribution in [-0.2, 0) is 4.79 Å². The van der Waals surface area contributed by atoms with Crippen LogP contribution in [0.15, 0.2) is 23.8 Å². The second-order valence-corrected chi connectivity index (χ2v) is 3.57. The Hall–Kier alpha value is -0.930. The Balaban J connectivity index is 0. The van der Waals surface area contributed by atoms with Crippen LogP contribution in [-0.4, -0.2) is 26.4 Å². The van der Waals surface area contributed by atoms with E-state index >= 15 is 0 Å². The Labute approximate surface area is 99.8 Å². The number of hydrogen-bond acceptors (Lipinski definition) is 3. The predicted octanol–water partition coefficient (Wildman–Crippen LogP) is 2.04. The summed E-state index contributed by atoms with van der Waals surface area (Å²) in [5.74, 6) is 0. The molecule has 3 N–H and O–H groups in total. The quantitative estimate of drug-likeness (QED) is 0.673. The molecule has 0 heterocycles. The molecule has 1 fully saturated rings. The van der Waals surface area contributed by atoms with Crippen molar-refractivity contribution in [3.05, 3.63) is 23.8 Å². The van der Waals surface area contributed by atoms with E-state index in [9.17, 15) is 4.79 Å². The molecule has 0 amide bonds. The smallest absolute Gasteiger partial charge is 0.119 e. The Morgan fingerprint density at radius 2 is 2.00 bits per heavy atom. The maximum Gasteiger partial charge on any atom is 0.119 e. The summed E-state index contributed by atoms with van der Waals surface area (Å²) in [6, 6.07) is 0.266. The molecule has 1 rings (SSSR count). The summed E-state index contributed by atoms with van der Waals surface area (Å²) in [4.78, 5) is 9.17. The Kier molecular flexibility index (Phi) is 13.3. The van der Waals surface area contributed by atoms with Crippen molar-refractivity contribution in [2.24, 2.45) is 5.73 Å². The molecule has 1 atom stereocenters. The first kappa shape index (κ1) is 17.5. The van der Waals surface area contributed by atoms with Crippen LogP contribution in [0.1, 0.15) is 33.1 Å². The lowest BCUT2D eigenvalue weighted by Gasteiger charge is -2.02. The van der Waals surface area contributed by atoms with Gasteiger partial charge in [0.2, 0.25) is 0 Å². The third-order valence-corrected chi connectivity index (χ3v) is 2.04. The third-order valence-electron chi connectivity index (χ3n) is 2.04. The van der Waals surface area contributed by atoms with Gasteiger partial charge in [0.05, 0.1) is 0 Å². The monoisotopic (exact) mass is 226 g/mol. The number of aldehydes is 1. The second kappa shape index (κ2) is 12.1. The van der Waals surface area contributed by atoms with Crippen molar-refractivity contribution in [1.82, 2.24) is 5.32 Å². The molecule has 94 valence electrons.